The monoisotopic (exact) mass is 447 g/mol. The molecule has 0 bridgehead atoms. The van der Waals surface area contributed by atoms with E-state index in [2.05, 4.69) is 17.9 Å². The normalized spacial score (nSPS) is 18.7. The number of piperazine rings is 1. The van der Waals surface area contributed by atoms with Gasteiger partial charge in [-0.3, -0.25) is 14.4 Å². The average molecular weight is 448 g/mol. The molecule has 3 heterocycles. The summed E-state index contributed by atoms with van der Waals surface area (Å²) in [7, 11) is 0. The smallest absolute Gasteiger partial charge is 0.254 e. The zero-order valence-electron chi connectivity index (χ0n) is 18.9. The zero-order valence-corrected chi connectivity index (χ0v) is 18.9. The van der Waals surface area contributed by atoms with Crippen molar-refractivity contribution < 1.29 is 14.4 Å². The summed E-state index contributed by atoms with van der Waals surface area (Å²) in [5.74, 6) is 0.797. The van der Waals surface area contributed by atoms with E-state index < -0.39 is 5.91 Å². The van der Waals surface area contributed by atoms with Gasteiger partial charge in [0.15, 0.2) is 0 Å². The zero-order chi connectivity index (χ0) is 23.1. The Hall–Kier alpha value is -3.42. The largest absolute Gasteiger partial charge is 0.366 e. The first-order chi connectivity index (χ1) is 15.9. The molecule has 1 saturated carbocycles. The number of hydrogen-bond acceptors (Lipinski definition) is 5. The van der Waals surface area contributed by atoms with Crippen LogP contribution in [0.5, 0.6) is 0 Å². The first-order valence-corrected chi connectivity index (χ1v) is 11.7. The molecule has 0 spiro atoms. The van der Waals surface area contributed by atoms with Crippen LogP contribution in [0.1, 0.15) is 63.4 Å². The Morgan fingerprint density at radius 1 is 1.03 bits per heavy atom. The first-order valence-electron chi connectivity index (χ1n) is 11.7. The van der Waals surface area contributed by atoms with Gasteiger partial charge in [0.2, 0.25) is 11.8 Å². The number of pyridine rings is 1. The van der Waals surface area contributed by atoms with Crippen LogP contribution >= 0.6 is 0 Å². The third-order valence-corrected chi connectivity index (χ3v) is 6.87. The van der Waals surface area contributed by atoms with E-state index in [1.807, 2.05) is 6.20 Å². The van der Waals surface area contributed by atoms with E-state index in [0.717, 1.165) is 12.2 Å². The second-order valence-electron chi connectivity index (χ2n) is 9.21. The van der Waals surface area contributed by atoms with Crippen molar-refractivity contribution in [3.63, 3.8) is 0 Å². The lowest BCUT2D eigenvalue weighted by Crippen LogP contribution is -2.49. The van der Waals surface area contributed by atoms with Gasteiger partial charge in [0.25, 0.3) is 5.91 Å². The second-order valence-corrected chi connectivity index (χ2v) is 9.21. The number of amides is 3. The molecular formula is C25H29N5O3. The predicted molar refractivity (Wildman–Crippen MR) is 126 cm³/mol. The summed E-state index contributed by atoms with van der Waals surface area (Å²) in [4.78, 5) is 47.8. The number of benzene rings is 1. The molecular weight excluding hydrogens is 418 g/mol. The summed E-state index contributed by atoms with van der Waals surface area (Å²) < 4.78 is 0. The van der Waals surface area contributed by atoms with Gasteiger partial charge >= 0.3 is 0 Å². The number of hydrogen-bond donors (Lipinski definition) is 1. The third kappa shape index (κ3) is 4.17. The van der Waals surface area contributed by atoms with Crippen LogP contribution in [0.25, 0.3) is 0 Å². The molecule has 2 aliphatic heterocycles. The van der Waals surface area contributed by atoms with Crippen LogP contribution < -0.4 is 15.5 Å². The number of aryl methyl sites for hydroxylation is 1. The van der Waals surface area contributed by atoms with Gasteiger partial charge in [-0.05, 0) is 61.4 Å². The maximum absolute atomic E-state index is 13.3. The van der Waals surface area contributed by atoms with Crippen LogP contribution in [0.2, 0.25) is 0 Å². The quantitative estimate of drug-likeness (QED) is 0.759. The van der Waals surface area contributed by atoms with Crippen LogP contribution in [0.3, 0.4) is 0 Å². The molecule has 1 aromatic carbocycles. The van der Waals surface area contributed by atoms with Crippen LogP contribution in [-0.4, -0.2) is 60.3 Å². The van der Waals surface area contributed by atoms with Crippen LogP contribution in [0.15, 0.2) is 30.5 Å². The fraction of sp³-hybridized carbons (Fsp3) is 0.440. The molecule has 0 atom stereocenters. The maximum Gasteiger partial charge on any atom is 0.254 e. The van der Waals surface area contributed by atoms with Gasteiger partial charge in [-0.15, -0.1) is 0 Å². The second kappa shape index (κ2) is 8.50. The Kier molecular flexibility index (Phi) is 5.52. The Balaban J connectivity index is 1.29. The Labute approximate surface area is 193 Å². The van der Waals surface area contributed by atoms with Crippen molar-refractivity contribution in [2.24, 2.45) is 5.73 Å². The fourth-order valence-electron chi connectivity index (χ4n) is 4.86. The number of aromatic nitrogens is 1. The number of carbonyl (C=O) groups is 3. The van der Waals surface area contributed by atoms with Crippen molar-refractivity contribution in [1.29, 1.82) is 0 Å². The van der Waals surface area contributed by atoms with Gasteiger partial charge in [-0.1, -0.05) is 6.07 Å². The van der Waals surface area contributed by atoms with E-state index in [0.29, 0.717) is 50.7 Å². The highest BCUT2D eigenvalue weighted by atomic mass is 16.2. The molecule has 33 heavy (non-hydrogen) atoms. The van der Waals surface area contributed by atoms with Crippen molar-refractivity contribution in [1.82, 2.24) is 9.88 Å². The van der Waals surface area contributed by atoms with Gasteiger partial charge in [-0.25, -0.2) is 4.98 Å². The molecule has 3 aliphatic rings. The lowest BCUT2D eigenvalue weighted by atomic mass is 10.0. The molecule has 0 unspecified atom stereocenters. The summed E-state index contributed by atoms with van der Waals surface area (Å²) in [6.45, 7) is 5.13. The maximum atomic E-state index is 13.3. The van der Waals surface area contributed by atoms with Crippen molar-refractivity contribution in [3.8, 4) is 0 Å². The number of primary amides is 1. The molecule has 0 radical (unpaired) electrons. The van der Waals surface area contributed by atoms with Gasteiger partial charge in [0.1, 0.15) is 5.82 Å². The molecule has 2 N–H and O–H groups in total. The van der Waals surface area contributed by atoms with E-state index in [-0.39, 0.29) is 22.9 Å². The van der Waals surface area contributed by atoms with Crippen molar-refractivity contribution in [2.75, 3.05) is 42.5 Å². The minimum absolute atomic E-state index is 0.0229. The Morgan fingerprint density at radius 2 is 1.79 bits per heavy atom. The first kappa shape index (κ1) is 21.4. The Morgan fingerprint density at radius 3 is 2.39 bits per heavy atom. The minimum atomic E-state index is -0.666. The van der Waals surface area contributed by atoms with Crippen LogP contribution in [-0.2, 0) is 4.79 Å². The summed E-state index contributed by atoms with van der Waals surface area (Å²) >= 11 is 0. The highest BCUT2D eigenvalue weighted by Crippen LogP contribution is 2.40. The van der Waals surface area contributed by atoms with E-state index >= 15 is 0 Å². The molecule has 8 heteroatoms. The molecule has 3 amide bonds. The number of rotatable bonds is 5. The molecule has 8 nitrogen and oxygen atoms in total. The summed E-state index contributed by atoms with van der Waals surface area (Å²) in [5, 5.41) is 0. The van der Waals surface area contributed by atoms with E-state index in [4.69, 9.17) is 10.7 Å². The fourth-order valence-corrected chi connectivity index (χ4v) is 4.86. The lowest BCUT2D eigenvalue weighted by Gasteiger charge is -2.36. The molecule has 2 aromatic rings. The summed E-state index contributed by atoms with van der Waals surface area (Å²) in [6.07, 6.45) is 5.78. The van der Waals surface area contributed by atoms with Crippen molar-refractivity contribution in [3.05, 3.63) is 52.7 Å². The van der Waals surface area contributed by atoms with Gasteiger partial charge in [-0.2, -0.15) is 0 Å². The van der Waals surface area contributed by atoms with Crippen molar-refractivity contribution in [2.45, 2.75) is 38.5 Å². The topological polar surface area (TPSA) is 99.8 Å². The molecule has 1 aliphatic carbocycles. The van der Waals surface area contributed by atoms with Gasteiger partial charge in [0.05, 0.1) is 11.1 Å². The molecule has 2 saturated heterocycles. The summed E-state index contributed by atoms with van der Waals surface area (Å²) in [6, 6.07) is 7.17. The average Bonchev–Trinajstić information content (AvgIpc) is 3.59. The number of nitrogens with zero attached hydrogens (tertiary/aromatic N) is 4. The number of nitrogens with two attached hydrogens (primary N) is 1. The van der Waals surface area contributed by atoms with Crippen LogP contribution in [0, 0.1) is 6.92 Å². The van der Waals surface area contributed by atoms with Gasteiger partial charge < -0.3 is 20.4 Å². The van der Waals surface area contributed by atoms with Gasteiger partial charge in [0, 0.05) is 51.0 Å². The SMILES string of the molecule is Cc1cc(C2CC2)cnc1N1CCN(C(=O)c2ccc(N3CCCC3=O)cc2C(N)=O)CC1. The minimum Gasteiger partial charge on any atom is -0.366 e. The summed E-state index contributed by atoms with van der Waals surface area (Å²) in [5.41, 5.74) is 9.16. The van der Waals surface area contributed by atoms with E-state index in [1.165, 1.54) is 24.0 Å². The molecule has 172 valence electrons. The van der Waals surface area contributed by atoms with Crippen LogP contribution in [0.4, 0.5) is 11.5 Å². The lowest BCUT2D eigenvalue weighted by molar-refractivity contribution is -0.117. The number of carbonyl (C=O) groups excluding carboxylic acids is 3. The highest BCUT2D eigenvalue weighted by Gasteiger charge is 2.29. The number of anilines is 2. The highest BCUT2D eigenvalue weighted by molar-refractivity contribution is 6.08. The Bertz CT molecular complexity index is 1120. The molecule has 1 aromatic heterocycles. The van der Waals surface area contributed by atoms with E-state index in [9.17, 15) is 14.4 Å². The molecule has 3 fully saturated rings. The van der Waals surface area contributed by atoms with E-state index in [1.54, 1.807) is 28.0 Å². The van der Waals surface area contributed by atoms with Crippen molar-refractivity contribution >= 4 is 29.2 Å². The third-order valence-electron chi connectivity index (χ3n) is 6.87. The predicted octanol–water partition coefficient (Wildman–Crippen LogP) is 2.46. The molecule has 5 rings (SSSR count). The standard InChI is InChI=1S/C25H29N5O3/c1-16-13-18(17-4-5-17)15-27-24(16)28-9-11-29(12-10-28)25(33)20-7-6-19(14-21(20)23(26)32)30-8-2-3-22(30)31/h6-7,13-15,17H,2-5,8-12H2,1H3,(H2,26,32).